The highest BCUT2D eigenvalue weighted by Gasteiger charge is 2.23. The Balaban J connectivity index is 4.16. The SMILES string of the molecule is CC[SiH](CC[SiH](CC)OC(C)(C)C)OC(C)(C)C. The molecular formula is C14H34O2Si2. The van der Waals surface area contributed by atoms with Gasteiger partial charge in [0.05, 0.1) is 0 Å². The van der Waals surface area contributed by atoms with E-state index in [1.165, 1.54) is 24.2 Å². The van der Waals surface area contributed by atoms with Crippen molar-refractivity contribution in [2.45, 2.75) is 90.8 Å². The Morgan fingerprint density at radius 1 is 0.667 bits per heavy atom. The van der Waals surface area contributed by atoms with Gasteiger partial charge in [0, 0.05) is 11.2 Å². The van der Waals surface area contributed by atoms with Gasteiger partial charge in [-0.15, -0.1) is 0 Å². The minimum absolute atomic E-state index is 0.0288. The van der Waals surface area contributed by atoms with E-state index in [-0.39, 0.29) is 11.2 Å². The second-order valence-electron chi connectivity index (χ2n) is 7.10. The standard InChI is InChI=1S/C14H34O2Si2/c1-9-17(15-13(3,4)5)11-12-18(10-2)16-14(6,7)8/h17-18H,9-12H2,1-8H3. The van der Waals surface area contributed by atoms with Crippen LogP contribution in [-0.4, -0.2) is 29.3 Å². The van der Waals surface area contributed by atoms with Gasteiger partial charge in [0.2, 0.25) is 0 Å². The Hall–Kier alpha value is 0.354. The molecular weight excluding hydrogens is 256 g/mol. The van der Waals surface area contributed by atoms with Gasteiger partial charge in [-0.1, -0.05) is 13.8 Å². The molecule has 0 aromatic heterocycles. The summed E-state index contributed by atoms with van der Waals surface area (Å²) in [5.74, 6) is 0. The molecule has 0 heterocycles. The van der Waals surface area contributed by atoms with E-state index in [9.17, 15) is 0 Å². The molecule has 18 heavy (non-hydrogen) atoms. The summed E-state index contributed by atoms with van der Waals surface area (Å²) < 4.78 is 12.4. The molecule has 0 aliphatic carbocycles. The van der Waals surface area contributed by atoms with Gasteiger partial charge in [-0.3, -0.25) is 0 Å². The van der Waals surface area contributed by atoms with Crippen molar-refractivity contribution in [1.82, 2.24) is 0 Å². The molecule has 0 saturated carbocycles. The van der Waals surface area contributed by atoms with E-state index in [0.717, 1.165) is 0 Å². The first-order chi connectivity index (χ1) is 8.07. The first-order valence-corrected chi connectivity index (χ1v) is 11.6. The lowest BCUT2D eigenvalue weighted by atomic mass is 10.2. The maximum atomic E-state index is 6.22. The van der Waals surface area contributed by atoms with E-state index in [1.54, 1.807) is 0 Å². The highest BCUT2D eigenvalue weighted by Crippen LogP contribution is 2.20. The van der Waals surface area contributed by atoms with Gasteiger partial charge in [0.25, 0.3) is 0 Å². The normalized spacial score (nSPS) is 16.7. The minimum atomic E-state index is -1.02. The van der Waals surface area contributed by atoms with Crippen LogP contribution in [0.3, 0.4) is 0 Å². The molecule has 0 aromatic rings. The third-order valence-electron chi connectivity index (χ3n) is 2.76. The van der Waals surface area contributed by atoms with Crippen molar-refractivity contribution in [2.24, 2.45) is 0 Å². The fourth-order valence-corrected chi connectivity index (χ4v) is 8.42. The summed E-state index contributed by atoms with van der Waals surface area (Å²) in [5.41, 5.74) is 0.0576. The van der Waals surface area contributed by atoms with Crippen LogP contribution in [0.4, 0.5) is 0 Å². The van der Waals surface area contributed by atoms with E-state index in [4.69, 9.17) is 8.85 Å². The molecule has 0 aliphatic heterocycles. The summed E-state index contributed by atoms with van der Waals surface area (Å²) in [6.07, 6.45) is 0. The number of hydrogen-bond donors (Lipinski definition) is 0. The monoisotopic (exact) mass is 290 g/mol. The molecule has 2 unspecified atom stereocenters. The molecule has 4 heteroatoms. The smallest absolute Gasteiger partial charge is 0.177 e. The molecule has 0 bridgehead atoms. The van der Waals surface area contributed by atoms with Gasteiger partial charge in [-0.25, -0.2) is 0 Å². The van der Waals surface area contributed by atoms with Gasteiger partial charge >= 0.3 is 0 Å². The molecule has 0 saturated heterocycles. The van der Waals surface area contributed by atoms with Crippen LogP contribution < -0.4 is 0 Å². The van der Waals surface area contributed by atoms with E-state index >= 15 is 0 Å². The van der Waals surface area contributed by atoms with E-state index in [0.29, 0.717) is 0 Å². The average Bonchev–Trinajstić information content (AvgIpc) is 2.18. The zero-order valence-corrected chi connectivity index (χ0v) is 16.1. The molecule has 0 amide bonds. The van der Waals surface area contributed by atoms with Gasteiger partial charge in [-0.05, 0) is 65.7 Å². The Kier molecular flexibility index (Phi) is 7.98. The molecule has 0 fully saturated rings. The second-order valence-corrected chi connectivity index (χ2v) is 12.8. The fraction of sp³-hybridized carbons (Fsp3) is 1.00. The van der Waals surface area contributed by atoms with Crippen molar-refractivity contribution in [3.8, 4) is 0 Å². The molecule has 110 valence electrons. The van der Waals surface area contributed by atoms with Crippen molar-refractivity contribution < 1.29 is 8.85 Å². The summed E-state index contributed by atoms with van der Waals surface area (Å²) in [5, 5.41) is 0. The van der Waals surface area contributed by atoms with Crippen LogP contribution >= 0.6 is 0 Å². The largest absolute Gasteiger partial charge is 0.415 e. The Labute approximate surface area is 118 Å². The van der Waals surface area contributed by atoms with Crippen LogP contribution in [0, 0.1) is 0 Å². The number of rotatable bonds is 7. The minimum Gasteiger partial charge on any atom is -0.415 e. The van der Waals surface area contributed by atoms with Crippen LogP contribution in [0.5, 0.6) is 0 Å². The third kappa shape index (κ3) is 10.3. The lowest BCUT2D eigenvalue weighted by Gasteiger charge is -2.29. The van der Waals surface area contributed by atoms with E-state index < -0.39 is 18.1 Å². The third-order valence-corrected chi connectivity index (χ3v) is 9.29. The van der Waals surface area contributed by atoms with Crippen molar-refractivity contribution >= 4 is 18.1 Å². The van der Waals surface area contributed by atoms with Crippen LogP contribution in [0.15, 0.2) is 0 Å². The summed E-state index contributed by atoms with van der Waals surface area (Å²) in [4.78, 5) is 0. The van der Waals surface area contributed by atoms with Crippen molar-refractivity contribution in [2.75, 3.05) is 0 Å². The Morgan fingerprint density at radius 3 is 1.11 bits per heavy atom. The van der Waals surface area contributed by atoms with E-state index in [1.807, 2.05) is 0 Å². The fourth-order valence-electron chi connectivity index (χ4n) is 2.06. The molecule has 0 radical (unpaired) electrons. The maximum Gasteiger partial charge on any atom is 0.177 e. The predicted octanol–water partition coefficient (Wildman–Crippen LogP) is 4.10. The van der Waals surface area contributed by atoms with Crippen LogP contribution in [0.25, 0.3) is 0 Å². The zero-order valence-electron chi connectivity index (χ0n) is 13.8. The molecule has 2 nitrogen and oxygen atoms in total. The molecule has 2 atom stereocenters. The van der Waals surface area contributed by atoms with Gasteiger partial charge in [0.15, 0.2) is 18.1 Å². The molecule has 0 spiro atoms. The van der Waals surface area contributed by atoms with Gasteiger partial charge < -0.3 is 8.85 Å². The highest BCUT2D eigenvalue weighted by molar-refractivity contribution is 6.57. The van der Waals surface area contributed by atoms with E-state index in [2.05, 4.69) is 55.4 Å². The summed E-state index contributed by atoms with van der Waals surface area (Å²) in [6, 6.07) is 5.04. The summed E-state index contributed by atoms with van der Waals surface area (Å²) >= 11 is 0. The Bertz CT molecular complexity index is 195. The van der Waals surface area contributed by atoms with Crippen molar-refractivity contribution in [3.05, 3.63) is 0 Å². The Morgan fingerprint density at radius 2 is 0.944 bits per heavy atom. The topological polar surface area (TPSA) is 18.5 Å². The average molecular weight is 291 g/mol. The molecule has 0 rings (SSSR count). The predicted molar refractivity (Wildman–Crippen MR) is 86.6 cm³/mol. The quantitative estimate of drug-likeness (QED) is 0.657. The van der Waals surface area contributed by atoms with Crippen molar-refractivity contribution in [3.63, 3.8) is 0 Å². The zero-order chi connectivity index (χ0) is 14.4. The summed E-state index contributed by atoms with van der Waals surface area (Å²) in [7, 11) is -2.04. The van der Waals surface area contributed by atoms with Crippen molar-refractivity contribution in [1.29, 1.82) is 0 Å². The van der Waals surface area contributed by atoms with Gasteiger partial charge in [0.1, 0.15) is 0 Å². The van der Waals surface area contributed by atoms with Crippen LogP contribution in [0.2, 0.25) is 24.2 Å². The lowest BCUT2D eigenvalue weighted by molar-refractivity contribution is 0.123. The second kappa shape index (κ2) is 7.83. The van der Waals surface area contributed by atoms with Gasteiger partial charge in [-0.2, -0.15) is 0 Å². The molecule has 0 aromatic carbocycles. The first kappa shape index (κ1) is 18.4. The lowest BCUT2D eigenvalue weighted by Crippen LogP contribution is -2.34. The molecule has 0 aliphatic rings. The molecule has 0 N–H and O–H groups in total. The maximum absolute atomic E-state index is 6.22. The van der Waals surface area contributed by atoms with Crippen LogP contribution in [0.1, 0.15) is 55.4 Å². The van der Waals surface area contributed by atoms with Crippen LogP contribution in [-0.2, 0) is 8.85 Å². The summed E-state index contributed by atoms with van der Waals surface area (Å²) in [6.45, 7) is 17.6. The number of hydrogen-bond acceptors (Lipinski definition) is 2. The highest BCUT2D eigenvalue weighted by atomic mass is 28.3. The first-order valence-electron chi connectivity index (χ1n) is 7.43.